The fourth-order valence-corrected chi connectivity index (χ4v) is 3.67. The van der Waals surface area contributed by atoms with Gasteiger partial charge in [-0.3, -0.25) is 4.79 Å². The van der Waals surface area contributed by atoms with Gasteiger partial charge in [0.2, 0.25) is 0 Å². The monoisotopic (exact) mass is 393 g/mol. The van der Waals surface area contributed by atoms with Gasteiger partial charge in [-0.05, 0) is 31.2 Å². The van der Waals surface area contributed by atoms with E-state index in [1.165, 1.54) is 17.0 Å². The first kappa shape index (κ1) is 20.4. The number of hydrogen-bond acceptors (Lipinski definition) is 2. The van der Waals surface area contributed by atoms with Crippen LogP contribution in [0.4, 0.5) is 13.2 Å². The average molecular weight is 393 g/mol. The van der Waals surface area contributed by atoms with Crippen molar-refractivity contribution < 1.29 is 27.6 Å². The van der Waals surface area contributed by atoms with Gasteiger partial charge < -0.3 is 15.0 Å². The van der Waals surface area contributed by atoms with Crippen LogP contribution in [0.2, 0.25) is 0 Å². The molecule has 1 saturated heterocycles. The van der Waals surface area contributed by atoms with E-state index in [-0.39, 0.29) is 23.6 Å². The van der Waals surface area contributed by atoms with Gasteiger partial charge in [-0.15, -0.1) is 0 Å². The van der Waals surface area contributed by atoms with E-state index in [2.05, 4.69) is 5.32 Å². The Bertz CT molecular complexity index is 772. The highest BCUT2D eigenvalue weighted by molar-refractivity contribution is 5.94. The number of ether oxygens (including phenoxy) is 1. The number of nitrogens with one attached hydrogen (secondary N) is 2. The Kier molecular flexibility index (Phi) is 6.36. The second-order valence-corrected chi connectivity index (χ2v) is 7.00. The Morgan fingerprint density at radius 3 is 2.21 bits per heavy atom. The SMILES string of the molecule is C[C@H](NC(=O)c1ccc(C(F)(F)F)cc1)[C@@H](c1ccccc1)[NH+]1CCOCC1. The van der Waals surface area contributed by atoms with Crippen LogP contribution in [-0.2, 0) is 10.9 Å². The smallest absolute Gasteiger partial charge is 0.370 e. The predicted molar refractivity (Wildman–Crippen MR) is 99.1 cm³/mol. The molecular weight excluding hydrogens is 369 g/mol. The molecule has 28 heavy (non-hydrogen) atoms. The average Bonchev–Trinajstić information content (AvgIpc) is 2.69. The number of halogens is 3. The second kappa shape index (κ2) is 8.75. The van der Waals surface area contributed by atoms with E-state index in [0.29, 0.717) is 13.2 Å². The molecule has 0 aromatic heterocycles. The summed E-state index contributed by atoms with van der Waals surface area (Å²) in [6, 6.07) is 14.1. The number of carbonyl (C=O) groups excluding carboxylic acids is 1. The number of carbonyl (C=O) groups is 1. The van der Waals surface area contributed by atoms with Gasteiger partial charge in [0.15, 0.2) is 0 Å². The number of alkyl halides is 3. The molecule has 150 valence electrons. The van der Waals surface area contributed by atoms with Crippen molar-refractivity contribution in [2.45, 2.75) is 25.2 Å². The summed E-state index contributed by atoms with van der Waals surface area (Å²) in [5.74, 6) is -0.380. The first-order chi connectivity index (χ1) is 13.4. The maximum absolute atomic E-state index is 12.7. The molecule has 1 fully saturated rings. The van der Waals surface area contributed by atoms with E-state index in [1.54, 1.807) is 0 Å². The maximum atomic E-state index is 12.7. The van der Waals surface area contributed by atoms with Gasteiger partial charge in [-0.2, -0.15) is 13.2 Å². The van der Waals surface area contributed by atoms with E-state index >= 15 is 0 Å². The van der Waals surface area contributed by atoms with Gasteiger partial charge in [-0.1, -0.05) is 30.3 Å². The fourth-order valence-electron chi connectivity index (χ4n) is 3.67. The maximum Gasteiger partial charge on any atom is 0.416 e. The van der Waals surface area contributed by atoms with E-state index in [4.69, 9.17) is 4.74 Å². The van der Waals surface area contributed by atoms with Crippen LogP contribution in [0.15, 0.2) is 54.6 Å². The van der Waals surface area contributed by atoms with Crippen LogP contribution < -0.4 is 10.2 Å². The summed E-state index contributed by atoms with van der Waals surface area (Å²) in [7, 11) is 0. The molecule has 2 aromatic carbocycles. The molecule has 7 heteroatoms. The van der Waals surface area contributed by atoms with E-state index in [9.17, 15) is 18.0 Å². The third-order valence-electron chi connectivity index (χ3n) is 5.07. The Morgan fingerprint density at radius 2 is 1.64 bits per heavy atom. The quantitative estimate of drug-likeness (QED) is 0.820. The standard InChI is InChI=1S/C21H23F3N2O2/c1-15(25-20(27)17-7-9-18(10-8-17)21(22,23)24)19(16-5-3-2-4-6-16)26-11-13-28-14-12-26/h2-10,15,19H,11-14H2,1H3,(H,25,27)/p+1/t15-,19-/m0/s1. The van der Waals surface area contributed by atoms with Crippen molar-refractivity contribution in [2.24, 2.45) is 0 Å². The van der Waals surface area contributed by atoms with Crippen LogP contribution >= 0.6 is 0 Å². The summed E-state index contributed by atoms with van der Waals surface area (Å²) < 4.78 is 43.6. The third kappa shape index (κ3) is 4.91. The molecule has 0 radical (unpaired) electrons. The fraction of sp³-hybridized carbons (Fsp3) is 0.381. The summed E-state index contributed by atoms with van der Waals surface area (Å²) in [6.07, 6.45) is -4.42. The zero-order valence-electron chi connectivity index (χ0n) is 15.6. The topological polar surface area (TPSA) is 42.8 Å². The zero-order chi connectivity index (χ0) is 20.1. The molecule has 0 unspecified atom stereocenters. The molecule has 2 atom stereocenters. The Balaban J connectivity index is 1.75. The van der Waals surface area contributed by atoms with Gasteiger partial charge in [0, 0.05) is 11.1 Å². The van der Waals surface area contributed by atoms with Crippen molar-refractivity contribution in [3.63, 3.8) is 0 Å². The van der Waals surface area contributed by atoms with E-state index in [1.807, 2.05) is 37.3 Å². The molecule has 0 saturated carbocycles. The molecule has 2 N–H and O–H groups in total. The minimum atomic E-state index is -4.42. The van der Waals surface area contributed by atoms with Gasteiger partial charge in [0.1, 0.15) is 19.1 Å². The van der Waals surface area contributed by atoms with Gasteiger partial charge in [0.05, 0.1) is 24.8 Å². The molecule has 0 spiro atoms. The molecule has 3 rings (SSSR count). The van der Waals surface area contributed by atoms with Gasteiger partial charge >= 0.3 is 6.18 Å². The van der Waals surface area contributed by atoms with Crippen molar-refractivity contribution in [3.05, 3.63) is 71.3 Å². The van der Waals surface area contributed by atoms with Crippen LogP contribution in [0.5, 0.6) is 0 Å². The minimum Gasteiger partial charge on any atom is -0.370 e. The molecule has 0 bridgehead atoms. The molecule has 1 heterocycles. The summed E-state index contributed by atoms with van der Waals surface area (Å²) in [4.78, 5) is 13.9. The van der Waals surface area contributed by atoms with Crippen molar-refractivity contribution in [1.29, 1.82) is 0 Å². The highest BCUT2D eigenvalue weighted by atomic mass is 19.4. The summed E-state index contributed by atoms with van der Waals surface area (Å²) >= 11 is 0. The van der Waals surface area contributed by atoms with Crippen LogP contribution in [0.3, 0.4) is 0 Å². The molecule has 1 amide bonds. The Labute approximate surface area is 162 Å². The Hall–Kier alpha value is -2.38. The lowest BCUT2D eigenvalue weighted by Crippen LogP contribution is -3.15. The molecule has 1 aliphatic rings. The first-order valence-electron chi connectivity index (χ1n) is 9.31. The second-order valence-electron chi connectivity index (χ2n) is 7.00. The van der Waals surface area contributed by atoms with Gasteiger partial charge in [-0.25, -0.2) is 0 Å². The van der Waals surface area contributed by atoms with Gasteiger partial charge in [0.25, 0.3) is 5.91 Å². The number of amides is 1. The molecular formula is C21H24F3N2O2+. The van der Waals surface area contributed by atoms with Crippen molar-refractivity contribution in [1.82, 2.24) is 5.32 Å². The summed E-state index contributed by atoms with van der Waals surface area (Å²) in [5.41, 5.74) is 0.556. The van der Waals surface area contributed by atoms with Crippen LogP contribution in [0.1, 0.15) is 34.5 Å². The number of hydrogen-bond donors (Lipinski definition) is 2. The minimum absolute atomic E-state index is 0.0310. The van der Waals surface area contributed by atoms with Crippen LogP contribution in [-0.4, -0.2) is 38.3 Å². The lowest BCUT2D eigenvalue weighted by atomic mass is 9.97. The molecule has 4 nitrogen and oxygen atoms in total. The number of quaternary nitrogens is 1. The zero-order valence-corrected chi connectivity index (χ0v) is 15.6. The van der Waals surface area contributed by atoms with Crippen LogP contribution in [0, 0.1) is 0 Å². The lowest BCUT2D eigenvalue weighted by molar-refractivity contribution is -0.940. The predicted octanol–water partition coefficient (Wildman–Crippen LogP) is 2.48. The Morgan fingerprint density at radius 1 is 1.04 bits per heavy atom. The largest absolute Gasteiger partial charge is 0.416 e. The number of rotatable bonds is 5. The normalized spacial score (nSPS) is 17.7. The molecule has 1 aliphatic heterocycles. The van der Waals surface area contributed by atoms with Crippen molar-refractivity contribution >= 4 is 5.91 Å². The number of morpholine rings is 1. The van der Waals surface area contributed by atoms with E-state index in [0.717, 1.165) is 30.8 Å². The molecule has 2 aromatic rings. The highest BCUT2D eigenvalue weighted by Crippen LogP contribution is 2.29. The lowest BCUT2D eigenvalue weighted by Gasteiger charge is -2.35. The van der Waals surface area contributed by atoms with Crippen LogP contribution in [0.25, 0.3) is 0 Å². The van der Waals surface area contributed by atoms with Crippen molar-refractivity contribution in [2.75, 3.05) is 26.3 Å². The van der Waals surface area contributed by atoms with E-state index < -0.39 is 11.7 Å². The van der Waals surface area contributed by atoms with Crippen molar-refractivity contribution in [3.8, 4) is 0 Å². The first-order valence-corrected chi connectivity index (χ1v) is 9.31. The number of benzene rings is 2. The summed E-state index contributed by atoms with van der Waals surface area (Å²) in [5, 5.41) is 2.97. The summed E-state index contributed by atoms with van der Waals surface area (Å²) in [6.45, 7) is 4.93. The molecule has 0 aliphatic carbocycles. The third-order valence-corrected chi connectivity index (χ3v) is 5.07. The highest BCUT2D eigenvalue weighted by Gasteiger charge is 2.33.